The Morgan fingerprint density at radius 1 is 1.14 bits per heavy atom. The van der Waals surface area contributed by atoms with E-state index in [0.717, 1.165) is 35.1 Å². The van der Waals surface area contributed by atoms with Crippen molar-refractivity contribution in [3.05, 3.63) is 51.9 Å². The molecule has 4 heteroatoms. The lowest BCUT2D eigenvalue weighted by Gasteiger charge is -2.15. The van der Waals surface area contributed by atoms with E-state index in [2.05, 4.69) is 57.8 Å². The van der Waals surface area contributed by atoms with E-state index in [-0.39, 0.29) is 0 Å². The van der Waals surface area contributed by atoms with Crippen molar-refractivity contribution < 1.29 is 0 Å². The number of fused-ring (bicyclic) bond motifs is 3. The van der Waals surface area contributed by atoms with Gasteiger partial charge in [-0.3, -0.25) is 0 Å². The number of benzene rings is 1. The van der Waals surface area contributed by atoms with Crippen LogP contribution in [0, 0.1) is 0 Å². The van der Waals surface area contributed by atoms with Crippen LogP contribution in [-0.2, 0) is 19.3 Å². The fourth-order valence-electron chi connectivity index (χ4n) is 3.35. The van der Waals surface area contributed by atoms with E-state index in [1.165, 1.54) is 35.2 Å². The number of halogens is 1. The number of hydrogen-bond donors (Lipinski definition) is 0. The summed E-state index contributed by atoms with van der Waals surface area (Å²) in [6, 6.07) is 8.44. The molecule has 1 aromatic carbocycles. The molecule has 0 unspecified atom stereocenters. The summed E-state index contributed by atoms with van der Waals surface area (Å²) in [4.78, 5) is 4.75. The van der Waals surface area contributed by atoms with Gasteiger partial charge in [0.25, 0.3) is 0 Å². The molecule has 1 aliphatic rings. The SMILES string of the molecule is CCc1nn2c3c(cnc2c1-c1ccc(Br)cc1)CCCC3. The smallest absolute Gasteiger partial charge is 0.163 e. The molecule has 0 spiro atoms. The summed E-state index contributed by atoms with van der Waals surface area (Å²) < 4.78 is 3.20. The lowest BCUT2D eigenvalue weighted by atomic mass is 9.97. The molecule has 1 aliphatic carbocycles. The highest BCUT2D eigenvalue weighted by molar-refractivity contribution is 9.10. The molecule has 4 rings (SSSR count). The molecule has 2 aromatic heterocycles. The van der Waals surface area contributed by atoms with Crippen LogP contribution in [0.15, 0.2) is 34.9 Å². The Morgan fingerprint density at radius 3 is 2.68 bits per heavy atom. The van der Waals surface area contributed by atoms with Crippen molar-refractivity contribution in [2.75, 3.05) is 0 Å². The van der Waals surface area contributed by atoms with Crippen LogP contribution in [0.25, 0.3) is 16.8 Å². The summed E-state index contributed by atoms with van der Waals surface area (Å²) in [5, 5.41) is 4.89. The molecule has 3 aromatic rings. The molecular formula is C18H18BrN3. The quantitative estimate of drug-likeness (QED) is 0.672. The molecular weight excluding hydrogens is 338 g/mol. The molecule has 0 saturated heterocycles. The largest absolute Gasteiger partial charge is 0.236 e. The van der Waals surface area contributed by atoms with Gasteiger partial charge in [-0.05, 0) is 55.4 Å². The molecule has 0 N–H and O–H groups in total. The number of hydrogen-bond acceptors (Lipinski definition) is 2. The van der Waals surface area contributed by atoms with E-state index in [9.17, 15) is 0 Å². The monoisotopic (exact) mass is 355 g/mol. The predicted octanol–water partition coefficient (Wildman–Crippen LogP) is 4.60. The third kappa shape index (κ3) is 2.17. The number of nitrogens with zero attached hydrogens (tertiary/aromatic N) is 3. The minimum Gasteiger partial charge on any atom is -0.236 e. The van der Waals surface area contributed by atoms with Gasteiger partial charge in [-0.2, -0.15) is 5.10 Å². The first-order valence-electron chi connectivity index (χ1n) is 7.92. The van der Waals surface area contributed by atoms with Crippen molar-refractivity contribution in [2.24, 2.45) is 0 Å². The van der Waals surface area contributed by atoms with E-state index in [0.29, 0.717) is 0 Å². The van der Waals surface area contributed by atoms with Crippen molar-refractivity contribution in [3.63, 3.8) is 0 Å². The van der Waals surface area contributed by atoms with Crippen LogP contribution in [-0.4, -0.2) is 14.6 Å². The minimum absolute atomic E-state index is 0.920. The molecule has 2 heterocycles. The highest BCUT2D eigenvalue weighted by atomic mass is 79.9. The van der Waals surface area contributed by atoms with Gasteiger partial charge in [0, 0.05) is 21.9 Å². The van der Waals surface area contributed by atoms with Gasteiger partial charge in [0.15, 0.2) is 5.65 Å². The van der Waals surface area contributed by atoms with E-state index < -0.39 is 0 Å². The Balaban J connectivity index is 1.99. The molecule has 22 heavy (non-hydrogen) atoms. The maximum absolute atomic E-state index is 4.89. The zero-order chi connectivity index (χ0) is 15.1. The lowest BCUT2D eigenvalue weighted by Crippen LogP contribution is -2.10. The highest BCUT2D eigenvalue weighted by Crippen LogP contribution is 2.31. The van der Waals surface area contributed by atoms with E-state index in [4.69, 9.17) is 10.1 Å². The molecule has 0 atom stereocenters. The second-order valence-corrected chi connectivity index (χ2v) is 6.77. The van der Waals surface area contributed by atoms with Crippen LogP contribution in [0.5, 0.6) is 0 Å². The summed E-state index contributed by atoms with van der Waals surface area (Å²) in [6.07, 6.45) is 7.74. The molecule has 0 bridgehead atoms. The average molecular weight is 356 g/mol. The molecule has 0 saturated carbocycles. The van der Waals surface area contributed by atoms with Gasteiger partial charge in [-0.15, -0.1) is 0 Å². The third-order valence-electron chi connectivity index (χ3n) is 4.48. The van der Waals surface area contributed by atoms with Crippen molar-refractivity contribution in [1.82, 2.24) is 14.6 Å². The fourth-order valence-corrected chi connectivity index (χ4v) is 3.62. The number of rotatable bonds is 2. The minimum atomic E-state index is 0.920. The standard InChI is InChI=1S/C18H18BrN3/c1-2-15-17(12-7-9-14(19)10-8-12)18-20-11-13-5-3-4-6-16(13)22(18)21-15/h7-11H,2-6H2,1H3. The maximum atomic E-state index is 4.89. The molecule has 112 valence electrons. The van der Waals surface area contributed by atoms with Crippen LogP contribution in [0.4, 0.5) is 0 Å². The fraction of sp³-hybridized carbons (Fsp3) is 0.333. The first kappa shape index (κ1) is 13.9. The van der Waals surface area contributed by atoms with Crippen LogP contribution in [0.3, 0.4) is 0 Å². The second kappa shape index (κ2) is 5.51. The Labute approximate surface area is 138 Å². The number of aromatic nitrogens is 3. The Morgan fingerprint density at radius 2 is 1.91 bits per heavy atom. The Bertz CT molecular complexity index is 834. The summed E-state index contributed by atoms with van der Waals surface area (Å²) in [5.41, 5.74) is 7.23. The van der Waals surface area contributed by atoms with E-state index in [1.807, 2.05) is 0 Å². The van der Waals surface area contributed by atoms with Crippen molar-refractivity contribution in [3.8, 4) is 11.1 Å². The summed E-state index contributed by atoms with van der Waals surface area (Å²) in [5.74, 6) is 0. The van der Waals surface area contributed by atoms with Gasteiger partial charge in [-0.25, -0.2) is 9.50 Å². The van der Waals surface area contributed by atoms with E-state index >= 15 is 0 Å². The normalized spacial score (nSPS) is 14.3. The van der Waals surface area contributed by atoms with Crippen LogP contribution < -0.4 is 0 Å². The summed E-state index contributed by atoms with van der Waals surface area (Å²) >= 11 is 3.51. The summed E-state index contributed by atoms with van der Waals surface area (Å²) in [7, 11) is 0. The molecule has 0 amide bonds. The third-order valence-corrected chi connectivity index (χ3v) is 5.01. The topological polar surface area (TPSA) is 30.2 Å². The summed E-state index contributed by atoms with van der Waals surface area (Å²) in [6.45, 7) is 2.16. The average Bonchev–Trinajstić information content (AvgIpc) is 2.94. The van der Waals surface area contributed by atoms with E-state index in [1.54, 1.807) is 0 Å². The van der Waals surface area contributed by atoms with Gasteiger partial charge < -0.3 is 0 Å². The van der Waals surface area contributed by atoms with Gasteiger partial charge in [0.1, 0.15) is 0 Å². The van der Waals surface area contributed by atoms with Crippen LogP contribution in [0.2, 0.25) is 0 Å². The Hall–Kier alpha value is -1.68. The molecule has 0 aliphatic heterocycles. The van der Waals surface area contributed by atoms with Crippen molar-refractivity contribution >= 4 is 21.6 Å². The molecule has 0 fully saturated rings. The predicted molar refractivity (Wildman–Crippen MR) is 92.1 cm³/mol. The second-order valence-electron chi connectivity index (χ2n) is 5.85. The molecule has 0 radical (unpaired) electrons. The first-order chi connectivity index (χ1) is 10.8. The first-order valence-corrected chi connectivity index (χ1v) is 8.71. The van der Waals surface area contributed by atoms with Gasteiger partial charge in [0.2, 0.25) is 0 Å². The van der Waals surface area contributed by atoms with Crippen molar-refractivity contribution in [2.45, 2.75) is 39.0 Å². The van der Waals surface area contributed by atoms with Gasteiger partial charge in [-0.1, -0.05) is 35.0 Å². The Kier molecular flexibility index (Phi) is 3.49. The number of aryl methyl sites for hydroxylation is 3. The van der Waals surface area contributed by atoms with Crippen LogP contribution in [0.1, 0.15) is 36.7 Å². The van der Waals surface area contributed by atoms with Gasteiger partial charge >= 0.3 is 0 Å². The zero-order valence-corrected chi connectivity index (χ0v) is 14.2. The maximum Gasteiger partial charge on any atom is 0.163 e. The van der Waals surface area contributed by atoms with Gasteiger partial charge in [0.05, 0.1) is 5.69 Å². The zero-order valence-electron chi connectivity index (χ0n) is 12.6. The van der Waals surface area contributed by atoms with Crippen LogP contribution >= 0.6 is 15.9 Å². The highest BCUT2D eigenvalue weighted by Gasteiger charge is 2.20. The lowest BCUT2D eigenvalue weighted by molar-refractivity contribution is 0.638. The molecule has 3 nitrogen and oxygen atoms in total. The van der Waals surface area contributed by atoms with Crippen molar-refractivity contribution in [1.29, 1.82) is 0 Å².